The number of nitrogens with one attached hydrogen (secondary N) is 7. The lowest BCUT2D eigenvalue weighted by Crippen LogP contribution is -2.62. The Morgan fingerprint density at radius 3 is 1.97 bits per heavy atom. The number of fused-ring (bicyclic) bond motifs is 1. The third-order valence-electron chi connectivity index (χ3n) is 10.5. The Kier molecular flexibility index (Phi) is 18.3. The molecule has 2 aliphatic heterocycles. The molecule has 2 fully saturated rings. The lowest BCUT2D eigenvalue weighted by atomic mass is 9.96. The molecule has 0 aromatic heterocycles. The van der Waals surface area contributed by atoms with Gasteiger partial charge in [0.25, 0.3) is 0 Å². The van der Waals surface area contributed by atoms with Crippen molar-refractivity contribution in [2.24, 2.45) is 11.8 Å². The molecule has 1 aromatic rings. The number of benzene rings is 1. The highest BCUT2D eigenvalue weighted by molar-refractivity contribution is 7.84. The Labute approximate surface area is 346 Å². The van der Waals surface area contributed by atoms with Crippen LogP contribution in [-0.2, 0) is 55.6 Å². The van der Waals surface area contributed by atoms with Gasteiger partial charge in [-0.05, 0) is 62.6 Å². The Morgan fingerprint density at radius 2 is 1.37 bits per heavy atom. The van der Waals surface area contributed by atoms with Crippen molar-refractivity contribution in [2.75, 3.05) is 25.1 Å². The number of aliphatic hydroxyl groups is 1. The zero-order chi connectivity index (χ0) is 44.1. The summed E-state index contributed by atoms with van der Waals surface area (Å²) >= 11 is 0. The van der Waals surface area contributed by atoms with E-state index >= 15 is 0 Å². The van der Waals surface area contributed by atoms with Gasteiger partial charge in [-0.1, -0.05) is 46.2 Å². The zero-order valence-corrected chi connectivity index (χ0v) is 35.5. The molecule has 2 aliphatic rings. The molecule has 0 radical (unpaired) electrons. The van der Waals surface area contributed by atoms with Crippen LogP contribution in [0.3, 0.4) is 0 Å². The molecule has 0 spiro atoms. The number of hydrogen-bond acceptors (Lipinski definition) is 11. The van der Waals surface area contributed by atoms with Gasteiger partial charge in [0.05, 0.1) is 12.6 Å². The smallest absolute Gasteiger partial charge is 0.246 e. The van der Waals surface area contributed by atoms with Crippen molar-refractivity contribution in [3.63, 3.8) is 0 Å². The van der Waals surface area contributed by atoms with Gasteiger partial charge in [-0.2, -0.15) is 0 Å². The van der Waals surface area contributed by atoms with Gasteiger partial charge in [0.1, 0.15) is 48.0 Å². The number of carbonyl (C=O) groups is 8. The van der Waals surface area contributed by atoms with Crippen LogP contribution in [-0.4, -0.2) is 140 Å². The molecule has 0 saturated carbocycles. The van der Waals surface area contributed by atoms with E-state index < -0.39 is 125 Å². The number of phenolic OH excluding ortho intramolecular Hbond substituents is 1. The molecule has 20 heteroatoms. The SMILES string of the molecule is CC[C@H](C)[C@@H]1NC(=O)C(C)NC(=O)[C@H](C(C)C)NC(=O)[C@H]([C@H](C)O)NC(=O)CNC(=O)[C@H](Cc2ccc(O)cc2)NC(=O)[C@H](CC[S@@](C)=O)NC(=O)[C@@H]2CCCN2C1=O. The van der Waals surface area contributed by atoms with E-state index in [1.807, 2.05) is 6.92 Å². The Morgan fingerprint density at radius 1 is 0.763 bits per heavy atom. The normalized spacial score (nSPS) is 27.7. The summed E-state index contributed by atoms with van der Waals surface area (Å²) in [7, 11) is -1.39. The maximum atomic E-state index is 14.2. The van der Waals surface area contributed by atoms with Gasteiger partial charge >= 0.3 is 0 Å². The molecule has 0 bridgehead atoms. The zero-order valence-electron chi connectivity index (χ0n) is 34.7. The third-order valence-corrected chi connectivity index (χ3v) is 11.3. The molecule has 10 atom stereocenters. The molecule has 8 amide bonds. The van der Waals surface area contributed by atoms with Crippen molar-refractivity contribution in [1.82, 2.24) is 42.1 Å². The first-order chi connectivity index (χ1) is 27.7. The van der Waals surface area contributed by atoms with Crippen LogP contribution in [0.1, 0.15) is 72.8 Å². The minimum Gasteiger partial charge on any atom is -0.508 e. The second kappa shape index (κ2) is 22.3. The van der Waals surface area contributed by atoms with Gasteiger partial charge in [-0.25, -0.2) is 0 Å². The lowest BCUT2D eigenvalue weighted by molar-refractivity contribution is -0.143. The molecular weight excluding hydrogens is 789 g/mol. The fraction of sp³-hybridized carbons (Fsp3) is 0.641. The van der Waals surface area contributed by atoms with E-state index in [0.29, 0.717) is 18.4 Å². The van der Waals surface area contributed by atoms with Gasteiger partial charge in [0.2, 0.25) is 47.3 Å². The molecular formula is C39H60N8O11S. The van der Waals surface area contributed by atoms with Crippen molar-refractivity contribution in [3.05, 3.63) is 29.8 Å². The molecule has 2 heterocycles. The monoisotopic (exact) mass is 848 g/mol. The topological polar surface area (TPSA) is 282 Å². The summed E-state index contributed by atoms with van der Waals surface area (Å²) in [6, 6.07) is -3.04. The van der Waals surface area contributed by atoms with E-state index in [2.05, 4.69) is 37.2 Å². The highest BCUT2D eigenvalue weighted by Gasteiger charge is 2.41. The average molecular weight is 849 g/mol. The maximum Gasteiger partial charge on any atom is 0.246 e. The highest BCUT2D eigenvalue weighted by atomic mass is 32.2. The van der Waals surface area contributed by atoms with Crippen LogP contribution in [0.15, 0.2) is 24.3 Å². The quantitative estimate of drug-likeness (QED) is 0.129. The predicted molar refractivity (Wildman–Crippen MR) is 216 cm³/mol. The van der Waals surface area contributed by atoms with E-state index in [4.69, 9.17) is 0 Å². The summed E-state index contributed by atoms with van der Waals surface area (Å²) < 4.78 is 12.2. The van der Waals surface area contributed by atoms with Gasteiger partial charge in [0.15, 0.2) is 0 Å². The van der Waals surface area contributed by atoms with Crippen molar-refractivity contribution in [3.8, 4) is 5.75 Å². The number of nitrogens with zero attached hydrogens (tertiary/aromatic N) is 1. The largest absolute Gasteiger partial charge is 0.508 e. The Bertz CT molecular complexity index is 1730. The van der Waals surface area contributed by atoms with E-state index in [-0.39, 0.29) is 37.3 Å². The molecule has 2 saturated heterocycles. The van der Waals surface area contributed by atoms with Crippen LogP contribution in [0.5, 0.6) is 5.75 Å². The molecule has 3 rings (SSSR count). The van der Waals surface area contributed by atoms with Gasteiger partial charge < -0.3 is 52.3 Å². The summed E-state index contributed by atoms with van der Waals surface area (Å²) in [5.41, 5.74) is 0.503. The second-order valence-corrected chi connectivity index (χ2v) is 17.1. The second-order valence-electron chi connectivity index (χ2n) is 15.6. The average Bonchev–Trinajstić information content (AvgIpc) is 3.68. The summed E-state index contributed by atoms with van der Waals surface area (Å²) in [5.74, 6) is -7.16. The van der Waals surface area contributed by atoms with Crippen molar-refractivity contribution >= 4 is 58.1 Å². The number of aliphatic hydroxyl groups excluding tert-OH is 1. The Hall–Kier alpha value is -5.11. The number of carbonyl (C=O) groups excluding carboxylic acids is 8. The number of hydrogen-bond donors (Lipinski definition) is 9. The number of amides is 8. The first kappa shape index (κ1) is 48.3. The van der Waals surface area contributed by atoms with Crippen LogP contribution in [0.25, 0.3) is 0 Å². The molecule has 9 N–H and O–H groups in total. The summed E-state index contributed by atoms with van der Waals surface area (Å²) in [6.07, 6.45) is 0.855. The van der Waals surface area contributed by atoms with Gasteiger partial charge in [-0.3, -0.25) is 42.6 Å². The van der Waals surface area contributed by atoms with Gasteiger partial charge in [0, 0.05) is 35.8 Å². The first-order valence-corrected chi connectivity index (χ1v) is 21.6. The van der Waals surface area contributed by atoms with Crippen LogP contribution in [0.2, 0.25) is 0 Å². The number of aromatic hydroxyl groups is 1. The molecule has 328 valence electrons. The fourth-order valence-corrected chi connectivity index (χ4v) is 7.25. The van der Waals surface area contributed by atoms with E-state index in [1.165, 1.54) is 49.3 Å². The Balaban J connectivity index is 2.06. The number of phenols is 1. The first-order valence-electron chi connectivity index (χ1n) is 19.9. The minimum atomic E-state index is -1.59. The molecule has 1 unspecified atom stereocenters. The lowest BCUT2D eigenvalue weighted by Gasteiger charge is -2.33. The molecule has 0 aliphatic carbocycles. The van der Waals surface area contributed by atoms with Crippen LogP contribution in [0.4, 0.5) is 0 Å². The summed E-state index contributed by atoms with van der Waals surface area (Å²) in [5, 5.41) is 38.2. The molecule has 1 aromatic carbocycles. The van der Waals surface area contributed by atoms with Crippen LogP contribution in [0, 0.1) is 11.8 Å². The summed E-state index contributed by atoms with van der Waals surface area (Å²) in [6.45, 7) is 8.95. The predicted octanol–water partition coefficient (Wildman–Crippen LogP) is -2.16. The standard InChI is InChI=1S/C39H60N8O11S/c1-8-21(4)31-39(57)47-16-9-10-28(47)36(54)42-26(15-17-59(7)58)35(53)43-27(18-24-11-13-25(49)14-12-24)34(52)40-19-29(50)44-32(23(6)48)38(56)45-30(20(2)3)37(55)41-22(5)33(51)46-31/h11-14,20-23,26-28,30-32,48-49H,8-10,15-19H2,1-7H3,(H,40,52)(H,41,55)(H,42,54)(H,43,53)(H,44,50)(H,45,56)(H,46,51)/t21-,22?,23-,26-,27-,28-,30-,31-,32-,59+/m0/s1. The van der Waals surface area contributed by atoms with Crippen molar-refractivity contribution in [1.29, 1.82) is 0 Å². The minimum absolute atomic E-state index is 0.00649. The van der Waals surface area contributed by atoms with E-state index in [9.17, 15) is 52.8 Å². The number of rotatable bonds is 9. The fourth-order valence-electron chi connectivity index (χ4n) is 6.68. The summed E-state index contributed by atoms with van der Waals surface area (Å²) in [4.78, 5) is 111. The van der Waals surface area contributed by atoms with Crippen LogP contribution < -0.4 is 37.2 Å². The van der Waals surface area contributed by atoms with Crippen molar-refractivity contribution < 1.29 is 52.8 Å². The third kappa shape index (κ3) is 14.0. The maximum absolute atomic E-state index is 14.2. The van der Waals surface area contributed by atoms with Crippen molar-refractivity contribution in [2.45, 2.75) is 122 Å². The molecule has 59 heavy (non-hydrogen) atoms. The van der Waals surface area contributed by atoms with E-state index in [0.717, 1.165) is 0 Å². The van der Waals surface area contributed by atoms with E-state index in [1.54, 1.807) is 20.8 Å². The molecule has 19 nitrogen and oxygen atoms in total. The van der Waals surface area contributed by atoms with Gasteiger partial charge in [-0.15, -0.1) is 0 Å². The highest BCUT2D eigenvalue weighted by Crippen LogP contribution is 2.22. The van der Waals surface area contributed by atoms with Crippen LogP contribution >= 0.6 is 0 Å².